The Bertz CT molecular complexity index is 863. The van der Waals surface area contributed by atoms with Crippen LogP contribution >= 0.6 is 11.8 Å². The van der Waals surface area contributed by atoms with Crippen LogP contribution in [-0.4, -0.2) is 34.9 Å². The molecule has 30 heavy (non-hydrogen) atoms. The van der Waals surface area contributed by atoms with Crippen LogP contribution in [0.25, 0.3) is 0 Å². The standard InChI is InChI=1S/C24H33NO4S/c1-14(26)30-19-13-15-12-16(27)6-9-22(15,2)17-7-10-23(3)18(20(17)19)8-11-24(23,4)29-21(28)25-5/h7,12,18-20H,6,8-11,13H2,1-5H3,(H,25,28)/t18?,19-,20?,22+,23+,24+/m1/s1. The fourth-order valence-electron chi connectivity index (χ4n) is 6.77. The van der Waals surface area contributed by atoms with Gasteiger partial charge in [0.15, 0.2) is 10.9 Å². The Morgan fingerprint density at radius 1 is 1.23 bits per heavy atom. The molecule has 4 aliphatic rings. The van der Waals surface area contributed by atoms with E-state index >= 15 is 0 Å². The maximum atomic E-state index is 12.2. The first-order valence-corrected chi connectivity index (χ1v) is 11.9. The largest absolute Gasteiger partial charge is 0.443 e. The normalized spacial score (nSPS) is 42.3. The zero-order valence-electron chi connectivity index (χ0n) is 18.7. The molecule has 0 aliphatic heterocycles. The maximum absolute atomic E-state index is 12.2. The zero-order chi connectivity index (χ0) is 21.9. The summed E-state index contributed by atoms with van der Waals surface area (Å²) < 4.78 is 5.95. The van der Waals surface area contributed by atoms with Crippen molar-refractivity contribution in [1.29, 1.82) is 0 Å². The smallest absolute Gasteiger partial charge is 0.407 e. The summed E-state index contributed by atoms with van der Waals surface area (Å²) in [6, 6.07) is 0. The first-order valence-electron chi connectivity index (χ1n) is 11.1. The molecular weight excluding hydrogens is 398 g/mol. The van der Waals surface area contributed by atoms with E-state index in [1.807, 2.05) is 6.08 Å². The monoisotopic (exact) mass is 431 g/mol. The lowest BCUT2D eigenvalue weighted by Crippen LogP contribution is -2.54. The molecule has 0 aromatic heterocycles. The van der Waals surface area contributed by atoms with Gasteiger partial charge in [-0.1, -0.05) is 42.8 Å². The number of nitrogens with one attached hydrogen (secondary N) is 1. The van der Waals surface area contributed by atoms with Crippen molar-refractivity contribution in [1.82, 2.24) is 5.32 Å². The van der Waals surface area contributed by atoms with Gasteiger partial charge >= 0.3 is 6.09 Å². The molecule has 0 heterocycles. The molecule has 0 saturated heterocycles. The van der Waals surface area contributed by atoms with Crippen molar-refractivity contribution in [2.24, 2.45) is 22.7 Å². The van der Waals surface area contributed by atoms with Gasteiger partial charge in [0.1, 0.15) is 5.60 Å². The Morgan fingerprint density at radius 3 is 2.63 bits per heavy atom. The third-order valence-electron chi connectivity index (χ3n) is 8.71. The molecule has 0 aromatic rings. The molecule has 2 unspecified atom stereocenters. The second-order valence-corrected chi connectivity index (χ2v) is 11.6. The highest BCUT2D eigenvalue weighted by atomic mass is 32.2. The molecule has 0 radical (unpaired) electrons. The van der Waals surface area contributed by atoms with Gasteiger partial charge in [-0.15, -0.1) is 0 Å². The fourth-order valence-corrected chi connectivity index (χ4v) is 7.94. The number of hydrogen-bond acceptors (Lipinski definition) is 5. The molecule has 164 valence electrons. The van der Waals surface area contributed by atoms with Crippen molar-refractivity contribution >= 4 is 28.8 Å². The summed E-state index contributed by atoms with van der Waals surface area (Å²) in [5, 5.41) is 2.86. The van der Waals surface area contributed by atoms with E-state index in [0.717, 1.165) is 32.1 Å². The van der Waals surface area contributed by atoms with Crippen LogP contribution in [0.15, 0.2) is 23.3 Å². The molecule has 4 rings (SSSR count). The molecule has 1 N–H and O–H groups in total. The number of ketones is 1. The number of thioether (sulfide) groups is 1. The van der Waals surface area contributed by atoms with Crippen LogP contribution in [0.4, 0.5) is 4.79 Å². The summed E-state index contributed by atoms with van der Waals surface area (Å²) in [4.78, 5) is 36.4. The molecule has 6 atom stereocenters. The summed E-state index contributed by atoms with van der Waals surface area (Å²) in [7, 11) is 1.60. The van der Waals surface area contributed by atoms with Crippen LogP contribution in [0.5, 0.6) is 0 Å². The number of amides is 1. The summed E-state index contributed by atoms with van der Waals surface area (Å²) in [6.07, 6.45) is 8.74. The lowest BCUT2D eigenvalue weighted by molar-refractivity contribution is -0.115. The summed E-state index contributed by atoms with van der Waals surface area (Å²) in [6.45, 7) is 8.26. The maximum Gasteiger partial charge on any atom is 0.407 e. The minimum atomic E-state index is -0.537. The van der Waals surface area contributed by atoms with E-state index in [4.69, 9.17) is 4.74 Å². The fraction of sp³-hybridized carbons (Fsp3) is 0.708. The Hall–Kier alpha value is -1.56. The number of rotatable bonds is 2. The van der Waals surface area contributed by atoms with E-state index in [2.05, 4.69) is 32.2 Å². The van der Waals surface area contributed by atoms with Gasteiger partial charge in [-0.25, -0.2) is 4.79 Å². The van der Waals surface area contributed by atoms with Gasteiger partial charge in [0.2, 0.25) is 0 Å². The van der Waals surface area contributed by atoms with Crippen molar-refractivity contribution in [2.45, 2.75) is 77.1 Å². The van der Waals surface area contributed by atoms with Crippen molar-refractivity contribution in [3.8, 4) is 0 Å². The van der Waals surface area contributed by atoms with Crippen molar-refractivity contribution in [3.63, 3.8) is 0 Å². The first-order chi connectivity index (χ1) is 14.0. The molecule has 2 fully saturated rings. The van der Waals surface area contributed by atoms with E-state index in [-0.39, 0.29) is 39.0 Å². The molecule has 0 bridgehead atoms. The molecule has 6 heteroatoms. The first kappa shape index (κ1) is 21.7. The molecule has 0 aromatic carbocycles. The van der Waals surface area contributed by atoms with E-state index in [1.165, 1.54) is 22.9 Å². The highest BCUT2D eigenvalue weighted by Crippen LogP contribution is 2.67. The van der Waals surface area contributed by atoms with Crippen LogP contribution < -0.4 is 5.32 Å². The lowest BCUT2D eigenvalue weighted by Gasteiger charge is -2.57. The molecule has 2 saturated carbocycles. The van der Waals surface area contributed by atoms with Crippen LogP contribution in [0, 0.1) is 22.7 Å². The number of alkyl carbamates (subject to hydrolysis) is 1. The van der Waals surface area contributed by atoms with Gasteiger partial charge in [-0.3, -0.25) is 9.59 Å². The molecular formula is C24H33NO4S. The Balaban J connectivity index is 1.78. The van der Waals surface area contributed by atoms with Gasteiger partial charge in [0, 0.05) is 36.5 Å². The summed E-state index contributed by atoms with van der Waals surface area (Å²) >= 11 is 1.43. The number of allylic oxidation sites excluding steroid dienone is 4. The predicted octanol–water partition coefficient (Wildman–Crippen LogP) is 4.81. The van der Waals surface area contributed by atoms with E-state index in [1.54, 1.807) is 14.0 Å². The summed E-state index contributed by atoms with van der Waals surface area (Å²) in [5.41, 5.74) is 1.81. The minimum absolute atomic E-state index is 0.0889. The Morgan fingerprint density at radius 2 is 1.97 bits per heavy atom. The van der Waals surface area contributed by atoms with E-state index < -0.39 is 5.60 Å². The Labute approximate surface area is 183 Å². The number of fused-ring (bicyclic) bond motifs is 5. The molecule has 4 aliphatic carbocycles. The van der Waals surface area contributed by atoms with Crippen LogP contribution in [0.1, 0.15) is 66.2 Å². The van der Waals surface area contributed by atoms with Crippen LogP contribution in [-0.2, 0) is 14.3 Å². The molecule has 5 nitrogen and oxygen atoms in total. The topological polar surface area (TPSA) is 72.5 Å². The predicted molar refractivity (Wildman–Crippen MR) is 118 cm³/mol. The SMILES string of the molecule is CNC(=O)O[C@@]1(C)CCC2C3C(=CC[C@@]21C)[C@@]1(C)CCC(=O)C=C1C[C@H]3SC(C)=O. The molecule has 1 amide bonds. The average molecular weight is 432 g/mol. The van der Waals surface area contributed by atoms with Crippen LogP contribution in [0.2, 0.25) is 0 Å². The van der Waals surface area contributed by atoms with Crippen molar-refractivity contribution < 1.29 is 19.1 Å². The number of carbonyl (C=O) groups is 3. The van der Waals surface area contributed by atoms with Gasteiger partial charge in [-0.2, -0.15) is 0 Å². The number of carbonyl (C=O) groups excluding carboxylic acids is 3. The third-order valence-corrected chi connectivity index (χ3v) is 9.81. The minimum Gasteiger partial charge on any atom is -0.443 e. The highest BCUT2D eigenvalue weighted by molar-refractivity contribution is 8.14. The Kier molecular flexibility index (Phi) is 5.23. The van der Waals surface area contributed by atoms with Crippen LogP contribution in [0.3, 0.4) is 0 Å². The summed E-state index contributed by atoms with van der Waals surface area (Å²) in [5.74, 6) is 0.823. The second-order valence-electron chi connectivity index (χ2n) is 10.1. The van der Waals surface area contributed by atoms with Gasteiger partial charge in [-0.05, 0) is 56.9 Å². The lowest BCUT2D eigenvalue weighted by atomic mass is 9.50. The molecule has 0 spiro atoms. The van der Waals surface area contributed by atoms with Gasteiger partial charge in [0.25, 0.3) is 0 Å². The van der Waals surface area contributed by atoms with E-state index in [0.29, 0.717) is 12.3 Å². The van der Waals surface area contributed by atoms with Gasteiger partial charge in [0.05, 0.1) is 0 Å². The van der Waals surface area contributed by atoms with Crippen molar-refractivity contribution in [3.05, 3.63) is 23.3 Å². The zero-order valence-corrected chi connectivity index (χ0v) is 19.5. The van der Waals surface area contributed by atoms with Crippen molar-refractivity contribution in [2.75, 3.05) is 7.05 Å². The van der Waals surface area contributed by atoms with Gasteiger partial charge < -0.3 is 10.1 Å². The second kappa shape index (κ2) is 7.25. The quantitative estimate of drug-likeness (QED) is 0.635. The highest BCUT2D eigenvalue weighted by Gasteiger charge is 2.64. The average Bonchev–Trinajstić information content (AvgIpc) is 2.93. The van der Waals surface area contributed by atoms with E-state index in [9.17, 15) is 14.4 Å². The number of hydrogen-bond donors (Lipinski definition) is 1. The number of ether oxygens (including phenoxy) is 1. The third kappa shape index (κ3) is 3.09.